The zero-order valence-corrected chi connectivity index (χ0v) is 9.84. The van der Waals surface area contributed by atoms with Crippen molar-refractivity contribution in [2.45, 2.75) is 18.4 Å². The molecule has 80 valence electrons. The van der Waals surface area contributed by atoms with Crippen molar-refractivity contribution in [2.24, 2.45) is 0 Å². The zero-order chi connectivity index (χ0) is 8.86. The van der Waals surface area contributed by atoms with Gasteiger partial charge >= 0.3 is 0 Å². The van der Waals surface area contributed by atoms with Crippen LogP contribution in [0.1, 0.15) is 12.8 Å². The van der Waals surface area contributed by atoms with Crippen molar-refractivity contribution >= 4 is 23.2 Å². The van der Waals surface area contributed by atoms with Crippen LogP contribution >= 0.6 is 23.2 Å². The number of hydrogen-bond donors (Lipinski definition) is 1. The van der Waals surface area contributed by atoms with E-state index in [1.54, 1.807) is 0 Å². The molecule has 1 heterocycles. The Kier molecular flexibility index (Phi) is 7.56. The van der Waals surface area contributed by atoms with Gasteiger partial charge in [0.25, 0.3) is 0 Å². The third-order valence-electron chi connectivity index (χ3n) is 2.35. The van der Waals surface area contributed by atoms with Gasteiger partial charge in [-0.1, -0.05) is 0 Å². The van der Waals surface area contributed by atoms with Crippen molar-refractivity contribution in [3.63, 3.8) is 0 Å². The molecule has 0 aromatic carbocycles. The fraction of sp³-hybridized carbons (Fsp3) is 1.00. The van der Waals surface area contributed by atoms with Crippen LogP contribution in [0.2, 0.25) is 0 Å². The second kappa shape index (κ2) is 7.13. The molecular formula is C8H16Cl3NO. The molecule has 0 aromatic rings. The Bertz CT molecular complexity index is 113. The molecule has 0 aromatic heterocycles. The van der Waals surface area contributed by atoms with E-state index in [0.29, 0.717) is 11.8 Å². The minimum atomic E-state index is -0.0399. The molecule has 5 heteroatoms. The van der Waals surface area contributed by atoms with E-state index in [9.17, 15) is 0 Å². The van der Waals surface area contributed by atoms with Gasteiger partial charge in [0, 0.05) is 11.8 Å². The summed E-state index contributed by atoms with van der Waals surface area (Å²) in [5.74, 6) is 1.31. The van der Waals surface area contributed by atoms with Gasteiger partial charge in [0.1, 0.15) is 12.1 Å². The highest BCUT2D eigenvalue weighted by Gasteiger charge is 2.34. The van der Waals surface area contributed by atoms with Crippen LogP contribution < -0.4 is 17.7 Å². The summed E-state index contributed by atoms with van der Waals surface area (Å²) in [4.78, 5) is 0. The van der Waals surface area contributed by atoms with Crippen LogP contribution in [0.15, 0.2) is 0 Å². The molecule has 0 bridgehead atoms. The lowest BCUT2D eigenvalue weighted by atomic mass is 9.96. The number of alkyl halides is 2. The van der Waals surface area contributed by atoms with Gasteiger partial charge < -0.3 is 22.5 Å². The van der Waals surface area contributed by atoms with Crippen LogP contribution in [0.4, 0.5) is 0 Å². The number of quaternary nitrogens is 1. The van der Waals surface area contributed by atoms with Gasteiger partial charge in [-0.2, -0.15) is 0 Å². The molecule has 1 aliphatic heterocycles. The van der Waals surface area contributed by atoms with Crippen LogP contribution in [0.25, 0.3) is 0 Å². The maximum Gasteiger partial charge on any atom is 0.119 e. The van der Waals surface area contributed by atoms with Gasteiger partial charge in [-0.05, 0) is 12.8 Å². The summed E-state index contributed by atoms with van der Waals surface area (Å²) in [6, 6.07) is 0. The fourth-order valence-corrected chi connectivity index (χ4v) is 2.29. The second-order valence-electron chi connectivity index (χ2n) is 3.19. The van der Waals surface area contributed by atoms with E-state index < -0.39 is 0 Å². The van der Waals surface area contributed by atoms with Gasteiger partial charge in [0.2, 0.25) is 0 Å². The summed E-state index contributed by atoms with van der Waals surface area (Å²) in [6.45, 7) is 2.90. The van der Waals surface area contributed by atoms with E-state index in [2.05, 4.69) is 5.32 Å². The molecule has 0 amide bonds. The Hall–Kier alpha value is 0.790. The minimum absolute atomic E-state index is 0. The first kappa shape index (κ1) is 13.8. The molecule has 2 N–H and O–H groups in total. The average molecular weight is 249 g/mol. The third-order valence-corrected chi connectivity index (χ3v) is 2.72. The first-order valence-electron chi connectivity index (χ1n) is 4.40. The maximum absolute atomic E-state index is 5.75. The molecule has 0 radical (unpaired) electrons. The predicted molar refractivity (Wildman–Crippen MR) is 51.0 cm³/mol. The topological polar surface area (TPSA) is 25.8 Å². The summed E-state index contributed by atoms with van der Waals surface area (Å²) in [7, 11) is 0. The molecule has 0 atom stereocenters. The zero-order valence-electron chi connectivity index (χ0n) is 7.57. The smallest absolute Gasteiger partial charge is 0.119 e. The highest BCUT2D eigenvalue weighted by molar-refractivity contribution is 6.18. The van der Waals surface area contributed by atoms with Crippen LogP contribution in [0.3, 0.4) is 0 Å². The van der Waals surface area contributed by atoms with Crippen molar-refractivity contribution in [3.8, 4) is 0 Å². The Balaban J connectivity index is 0.00000144. The number of morpholine rings is 1. The van der Waals surface area contributed by atoms with Crippen molar-refractivity contribution in [3.05, 3.63) is 0 Å². The summed E-state index contributed by atoms with van der Waals surface area (Å²) < 4.78 is 5.75. The molecule has 2 nitrogen and oxygen atoms in total. The van der Waals surface area contributed by atoms with Crippen LogP contribution in [0, 0.1) is 0 Å². The number of nitrogens with two attached hydrogens (primary N) is 1. The molecule has 1 rings (SSSR count). The number of rotatable bonds is 4. The summed E-state index contributed by atoms with van der Waals surface area (Å²) in [5, 5.41) is 2.28. The SMILES string of the molecule is ClCCC1(CCCl)C[NH2+]CCO1.[Cl-]. The van der Waals surface area contributed by atoms with Gasteiger partial charge in [-0.3, -0.25) is 0 Å². The normalized spacial score (nSPS) is 20.8. The van der Waals surface area contributed by atoms with Crippen LogP contribution in [0.5, 0.6) is 0 Å². The molecule has 1 fully saturated rings. The van der Waals surface area contributed by atoms with E-state index >= 15 is 0 Å². The highest BCUT2D eigenvalue weighted by atomic mass is 35.5. The van der Waals surface area contributed by atoms with Crippen molar-refractivity contribution < 1.29 is 22.5 Å². The van der Waals surface area contributed by atoms with Gasteiger partial charge in [0.05, 0.1) is 13.2 Å². The number of halogens is 3. The minimum Gasteiger partial charge on any atom is -1.00 e. The molecule has 0 saturated carbocycles. The van der Waals surface area contributed by atoms with Crippen LogP contribution in [-0.2, 0) is 4.74 Å². The number of hydrogen-bond acceptors (Lipinski definition) is 1. The molecule has 13 heavy (non-hydrogen) atoms. The summed E-state index contributed by atoms with van der Waals surface area (Å²) in [5.41, 5.74) is -0.0399. The van der Waals surface area contributed by atoms with Gasteiger partial charge in [-0.25, -0.2) is 0 Å². The Morgan fingerprint density at radius 2 is 1.85 bits per heavy atom. The monoisotopic (exact) mass is 247 g/mol. The standard InChI is InChI=1S/C8H15Cl2NO.ClH/c9-3-1-8(2-4-10)7-11-5-6-12-8;/h11H,1-7H2;1H. The molecule has 0 unspecified atom stereocenters. The average Bonchev–Trinajstić information content (AvgIpc) is 2.07. The summed E-state index contributed by atoms with van der Waals surface area (Å²) >= 11 is 11.4. The molecule has 1 aliphatic rings. The number of ether oxygens (including phenoxy) is 1. The van der Waals surface area contributed by atoms with E-state index in [4.69, 9.17) is 27.9 Å². The summed E-state index contributed by atoms with van der Waals surface area (Å²) in [6.07, 6.45) is 1.83. The fourth-order valence-electron chi connectivity index (χ4n) is 1.60. The highest BCUT2D eigenvalue weighted by Crippen LogP contribution is 2.21. The largest absolute Gasteiger partial charge is 1.00 e. The molecule has 0 spiro atoms. The lowest BCUT2D eigenvalue weighted by Crippen LogP contribution is -3.00. The molecule has 1 saturated heterocycles. The van der Waals surface area contributed by atoms with Gasteiger partial charge in [-0.15, -0.1) is 23.2 Å². The molecular weight excluding hydrogens is 232 g/mol. The second-order valence-corrected chi connectivity index (χ2v) is 3.95. The van der Waals surface area contributed by atoms with E-state index in [1.165, 1.54) is 0 Å². The Labute approximate surface area is 95.7 Å². The van der Waals surface area contributed by atoms with E-state index in [-0.39, 0.29) is 18.0 Å². The first-order valence-corrected chi connectivity index (χ1v) is 5.47. The van der Waals surface area contributed by atoms with Crippen molar-refractivity contribution in [1.82, 2.24) is 0 Å². The van der Waals surface area contributed by atoms with Crippen molar-refractivity contribution in [1.29, 1.82) is 0 Å². The Morgan fingerprint density at radius 3 is 2.23 bits per heavy atom. The van der Waals surface area contributed by atoms with E-state index in [0.717, 1.165) is 32.5 Å². The Morgan fingerprint density at radius 1 is 1.23 bits per heavy atom. The lowest BCUT2D eigenvalue weighted by Gasteiger charge is -2.34. The lowest BCUT2D eigenvalue weighted by molar-refractivity contribution is -0.686. The predicted octanol–water partition coefficient (Wildman–Crippen LogP) is -2.42. The van der Waals surface area contributed by atoms with E-state index in [1.807, 2.05) is 0 Å². The maximum atomic E-state index is 5.75. The first-order chi connectivity index (χ1) is 5.83. The molecule has 0 aliphatic carbocycles. The quantitative estimate of drug-likeness (QED) is 0.551. The van der Waals surface area contributed by atoms with Gasteiger partial charge in [0.15, 0.2) is 0 Å². The third kappa shape index (κ3) is 4.22. The van der Waals surface area contributed by atoms with Crippen molar-refractivity contribution in [2.75, 3.05) is 31.5 Å². The van der Waals surface area contributed by atoms with Crippen LogP contribution in [-0.4, -0.2) is 37.1 Å².